The van der Waals surface area contributed by atoms with E-state index in [1.54, 1.807) is 11.8 Å². The summed E-state index contributed by atoms with van der Waals surface area (Å²) in [6.07, 6.45) is 6.18. The number of piperidine rings is 2. The maximum Gasteiger partial charge on any atom is 0.409 e. The molecule has 3 saturated heterocycles. The molecule has 0 aromatic heterocycles. The maximum atomic E-state index is 12.3. The Labute approximate surface area is 169 Å². The van der Waals surface area contributed by atoms with Gasteiger partial charge < -0.3 is 19.6 Å². The minimum Gasteiger partial charge on any atom is -0.450 e. The van der Waals surface area contributed by atoms with Crippen molar-refractivity contribution < 1.29 is 19.4 Å². The molecule has 0 aliphatic carbocycles. The second-order valence-corrected chi connectivity index (χ2v) is 9.02. The Kier molecular flexibility index (Phi) is 6.54. The molecule has 3 aliphatic heterocycles. The topological polar surface area (TPSA) is 73.3 Å². The van der Waals surface area contributed by atoms with Crippen LogP contribution >= 0.6 is 0 Å². The van der Waals surface area contributed by atoms with Gasteiger partial charge in [0.15, 0.2) is 0 Å². The summed E-state index contributed by atoms with van der Waals surface area (Å²) in [6, 6.07) is 0.291. The number of fused-ring (bicyclic) bond motifs is 1. The second-order valence-electron chi connectivity index (χ2n) is 9.02. The van der Waals surface area contributed by atoms with Crippen LogP contribution in [-0.4, -0.2) is 88.3 Å². The lowest BCUT2D eigenvalue weighted by molar-refractivity contribution is -0.141. The average Bonchev–Trinajstić information content (AvgIpc) is 2.81. The molecule has 3 aliphatic rings. The molecule has 3 heterocycles. The fraction of sp³-hybridized carbons (Fsp3) is 0.905. The third-order valence-electron chi connectivity index (χ3n) is 7.11. The largest absolute Gasteiger partial charge is 0.450 e. The van der Waals surface area contributed by atoms with Crippen molar-refractivity contribution in [1.82, 2.24) is 14.7 Å². The first-order valence-electron chi connectivity index (χ1n) is 11.0. The predicted octanol–water partition coefficient (Wildman–Crippen LogP) is 2.23. The van der Waals surface area contributed by atoms with Crippen molar-refractivity contribution in [2.75, 3.05) is 39.3 Å². The van der Waals surface area contributed by atoms with Gasteiger partial charge in [-0.15, -0.1) is 0 Å². The van der Waals surface area contributed by atoms with Crippen LogP contribution in [0.25, 0.3) is 0 Å². The zero-order chi connectivity index (χ0) is 20.4. The molecular formula is C21H37N3O4. The van der Waals surface area contributed by atoms with Crippen molar-refractivity contribution in [2.24, 2.45) is 0 Å². The Balaban J connectivity index is 1.68. The molecule has 28 heavy (non-hydrogen) atoms. The Morgan fingerprint density at radius 2 is 1.79 bits per heavy atom. The highest BCUT2D eigenvalue weighted by molar-refractivity contribution is 5.74. The smallest absolute Gasteiger partial charge is 0.409 e. The molecule has 0 radical (unpaired) electrons. The Hall–Kier alpha value is -1.34. The Bertz CT molecular complexity index is 576. The fourth-order valence-electron chi connectivity index (χ4n) is 5.59. The number of β-amino-alcohol motifs (C(OH)–C–C–N with tert-alkyl or cyclic N) is 1. The van der Waals surface area contributed by atoms with E-state index in [0.717, 1.165) is 45.2 Å². The first-order chi connectivity index (χ1) is 13.3. The van der Waals surface area contributed by atoms with Gasteiger partial charge in [-0.2, -0.15) is 0 Å². The first-order valence-corrected chi connectivity index (χ1v) is 11.0. The minimum absolute atomic E-state index is 0.150. The van der Waals surface area contributed by atoms with Gasteiger partial charge in [-0.3, -0.25) is 9.69 Å². The summed E-state index contributed by atoms with van der Waals surface area (Å²) in [6.45, 7) is 9.61. The van der Waals surface area contributed by atoms with E-state index in [-0.39, 0.29) is 17.5 Å². The third-order valence-corrected chi connectivity index (χ3v) is 7.11. The molecule has 160 valence electrons. The number of likely N-dealkylation sites (tertiary alicyclic amines) is 3. The van der Waals surface area contributed by atoms with Gasteiger partial charge in [0.05, 0.1) is 17.7 Å². The Morgan fingerprint density at radius 1 is 1.07 bits per heavy atom. The predicted molar refractivity (Wildman–Crippen MR) is 107 cm³/mol. The molecule has 7 nitrogen and oxygen atoms in total. The molecule has 3 rings (SSSR count). The van der Waals surface area contributed by atoms with E-state index in [4.69, 9.17) is 4.74 Å². The quantitative estimate of drug-likeness (QED) is 0.793. The molecule has 2 amide bonds. The van der Waals surface area contributed by atoms with Crippen LogP contribution in [0.1, 0.15) is 65.7 Å². The van der Waals surface area contributed by atoms with E-state index < -0.39 is 5.60 Å². The molecule has 7 heteroatoms. The number of amides is 2. The molecule has 0 unspecified atom stereocenters. The highest BCUT2D eigenvalue weighted by atomic mass is 16.6. The van der Waals surface area contributed by atoms with E-state index in [1.165, 1.54) is 0 Å². The maximum absolute atomic E-state index is 12.3. The van der Waals surface area contributed by atoms with Crippen molar-refractivity contribution in [2.45, 2.75) is 82.9 Å². The van der Waals surface area contributed by atoms with Crippen LogP contribution < -0.4 is 0 Å². The van der Waals surface area contributed by atoms with Gasteiger partial charge in [0.25, 0.3) is 0 Å². The van der Waals surface area contributed by atoms with E-state index in [0.29, 0.717) is 45.1 Å². The van der Waals surface area contributed by atoms with Crippen LogP contribution in [0.3, 0.4) is 0 Å². The van der Waals surface area contributed by atoms with Gasteiger partial charge in [0, 0.05) is 39.1 Å². The van der Waals surface area contributed by atoms with Gasteiger partial charge in [0.1, 0.15) is 0 Å². The van der Waals surface area contributed by atoms with Crippen LogP contribution in [0.5, 0.6) is 0 Å². The van der Waals surface area contributed by atoms with Crippen molar-refractivity contribution in [3.8, 4) is 0 Å². The third kappa shape index (κ3) is 4.30. The number of aliphatic hydroxyl groups is 1. The molecule has 1 N–H and O–H groups in total. The van der Waals surface area contributed by atoms with Gasteiger partial charge >= 0.3 is 6.09 Å². The number of nitrogens with zero attached hydrogens (tertiary/aromatic N) is 3. The molecule has 0 bridgehead atoms. The number of ether oxygens (including phenoxy) is 1. The van der Waals surface area contributed by atoms with E-state index in [2.05, 4.69) is 16.7 Å². The monoisotopic (exact) mass is 395 g/mol. The molecule has 0 saturated carbocycles. The summed E-state index contributed by atoms with van der Waals surface area (Å²) >= 11 is 0. The van der Waals surface area contributed by atoms with E-state index >= 15 is 0 Å². The van der Waals surface area contributed by atoms with Crippen LogP contribution in [0.4, 0.5) is 4.79 Å². The highest BCUT2D eigenvalue weighted by Crippen LogP contribution is 2.39. The SMILES string of the molecule is CCOC(=O)N1CCC(O)(CN2CCC[C@@]3(C)[C@@H]2CCCCN3C(C)=O)CC1. The fourth-order valence-corrected chi connectivity index (χ4v) is 5.59. The zero-order valence-electron chi connectivity index (χ0n) is 17.8. The molecular weight excluding hydrogens is 358 g/mol. The lowest BCUT2D eigenvalue weighted by Gasteiger charge is -2.54. The van der Waals surface area contributed by atoms with Crippen molar-refractivity contribution in [3.63, 3.8) is 0 Å². The lowest BCUT2D eigenvalue weighted by Crippen LogP contribution is -2.66. The summed E-state index contributed by atoms with van der Waals surface area (Å²) in [4.78, 5) is 30.5. The highest BCUT2D eigenvalue weighted by Gasteiger charge is 2.48. The number of hydrogen-bond acceptors (Lipinski definition) is 5. The summed E-state index contributed by atoms with van der Waals surface area (Å²) in [5.41, 5.74) is -0.933. The van der Waals surface area contributed by atoms with Crippen molar-refractivity contribution in [3.05, 3.63) is 0 Å². The summed E-state index contributed by atoms with van der Waals surface area (Å²) in [5.74, 6) is 0.165. The molecule has 3 fully saturated rings. The number of carbonyl (C=O) groups excluding carboxylic acids is 2. The number of carbonyl (C=O) groups is 2. The van der Waals surface area contributed by atoms with Gasteiger partial charge in [0.2, 0.25) is 5.91 Å². The van der Waals surface area contributed by atoms with Gasteiger partial charge in [-0.05, 0) is 58.9 Å². The average molecular weight is 396 g/mol. The number of hydrogen-bond donors (Lipinski definition) is 1. The molecule has 2 atom stereocenters. The summed E-state index contributed by atoms with van der Waals surface area (Å²) in [5, 5.41) is 11.3. The van der Waals surface area contributed by atoms with Crippen LogP contribution in [0.2, 0.25) is 0 Å². The van der Waals surface area contributed by atoms with Gasteiger partial charge in [-0.1, -0.05) is 6.42 Å². The first kappa shape index (κ1) is 21.4. The number of rotatable bonds is 3. The van der Waals surface area contributed by atoms with E-state index in [9.17, 15) is 14.7 Å². The zero-order valence-corrected chi connectivity index (χ0v) is 17.8. The Morgan fingerprint density at radius 3 is 2.43 bits per heavy atom. The van der Waals surface area contributed by atoms with Gasteiger partial charge in [-0.25, -0.2) is 4.79 Å². The second kappa shape index (κ2) is 8.57. The minimum atomic E-state index is -0.783. The molecule has 0 aromatic rings. The van der Waals surface area contributed by atoms with Crippen molar-refractivity contribution in [1.29, 1.82) is 0 Å². The van der Waals surface area contributed by atoms with Crippen molar-refractivity contribution >= 4 is 12.0 Å². The summed E-state index contributed by atoms with van der Waals surface area (Å²) < 4.78 is 5.09. The van der Waals surface area contributed by atoms with Crippen LogP contribution in [-0.2, 0) is 9.53 Å². The van der Waals surface area contributed by atoms with Crippen LogP contribution in [0, 0.1) is 0 Å². The molecule has 0 aromatic carbocycles. The normalized spacial score (nSPS) is 31.1. The molecule has 0 spiro atoms. The lowest BCUT2D eigenvalue weighted by atomic mass is 9.78. The summed E-state index contributed by atoms with van der Waals surface area (Å²) in [7, 11) is 0. The van der Waals surface area contributed by atoms with Crippen LogP contribution in [0.15, 0.2) is 0 Å². The van der Waals surface area contributed by atoms with E-state index in [1.807, 2.05) is 6.92 Å². The standard InChI is InChI=1S/C21H37N3O4/c1-4-28-19(26)22-14-10-21(27,11-15-22)16-23-12-7-9-20(3)18(23)8-5-6-13-24(20)17(2)25/h18,27H,4-16H2,1-3H3/t18-,20-/m0/s1.